The second-order valence-corrected chi connectivity index (χ2v) is 7.86. The van der Waals surface area contributed by atoms with Crippen LogP contribution in [0.15, 0.2) is 17.5 Å². The van der Waals surface area contributed by atoms with Crippen molar-refractivity contribution in [3.05, 3.63) is 23.2 Å². The summed E-state index contributed by atoms with van der Waals surface area (Å²) in [5, 5.41) is 5.11. The van der Waals surface area contributed by atoms with E-state index >= 15 is 0 Å². The van der Waals surface area contributed by atoms with Crippen LogP contribution in [-0.4, -0.2) is 65.4 Å². The normalized spacial score (nSPS) is 25.7. The van der Waals surface area contributed by atoms with Gasteiger partial charge in [-0.25, -0.2) is 4.98 Å². The van der Waals surface area contributed by atoms with Crippen LogP contribution in [0.1, 0.15) is 18.5 Å². The standard InChI is InChI=1S/C18H22N4O4S/c23-15(10-22-16(24)13-3-1-2-4-14(13)17(22)25)20-18-19-12(11-27-18)9-21-5-7-26-8-6-21/h1-2,11,13-14H,3-10H2,(H,19,20,23)/t13-,14-/m0/s1. The quantitative estimate of drug-likeness (QED) is 0.592. The molecule has 1 N–H and O–H groups in total. The maximum Gasteiger partial charge on any atom is 0.246 e. The van der Waals surface area contributed by atoms with E-state index in [1.54, 1.807) is 0 Å². The Bertz CT molecular complexity index is 745. The van der Waals surface area contributed by atoms with Crippen LogP contribution in [0.4, 0.5) is 5.13 Å². The third kappa shape index (κ3) is 3.95. The number of hydrogen-bond acceptors (Lipinski definition) is 7. The molecule has 2 aliphatic heterocycles. The van der Waals surface area contributed by atoms with Crippen molar-refractivity contribution in [3.8, 4) is 0 Å². The zero-order valence-electron chi connectivity index (χ0n) is 14.9. The molecule has 0 radical (unpaired) electrons. The number of morpholine rings is 1. The van der Waals surface area contributed by atoms with Crippen molar-refractivity contribution < 1.29 is 19.1 Å². The van der Waals surface area contributed by atoms with Crippen LogP contribution in [0.3, 0.4) is 0 Å². The number of fused-ring (bicyclic) bond motifs is 1. The van der Waals surface area contributed by atoms with Gasteiger partial charge in [0.1, 0.15) is 6.54 Å². The predicted octanol–water partition coefficient (Wildman–Crippen LogP) is 0.865. The summed E-state index contributed by atoms with van der Waals surface area (Å²) in [4.78, 5) is 45.0. The lowest BCUT2D eigenvalue weighted by Crippen LogP contribution is -2.38. The Hall–Kier alpha value is -2.10. The second-order valence-electron chi connectivity index (χ2n) is 7.00. The van der Waals surface area contributed by atoms with Gasteiger partial charge in [-0.2, -0.15) is 0 Å². The van der Waals surface area contributed by atoms with Crippen molar-refractivity contribution in [1.29, 1.82) is 0 Å². The van der Waals surface area contributed by atoms with Crippen molar-refractivity contribution in [2.45, 2.75) is 19.4 Å². The summed E-state index contributed by atoms with van der Waals surface area (Å²) in [6.45, 7) is 3.66. The van der Waals surface area contributed by atoms with Gasteiger partial charge in [0.15, 0.2) is 5.13 Å². The SMILES string of the molecule is O=C(CN1C(=O)[C@H]2CC=CC[C@@H]2C1=O)Nc1nc(CN2CCOCC2)cs1. The highest BCUT2D eigenvalue weighted by atomic mass is 32.1. The topological polar surface area (TPSA) is 91.8 Å². The van der Waals surface area contributed by atoms with E-state index in [1.807, 2.05) is 17.5 Å². The van der Waals surface area contributed by atoms with E-state index in [9.17, 15) is 14.4 Å². The molecule has 2 atom stereocenters. The van der Waals surface area contributed by atoms with Crippen molar-refractivity contribution in [2.75, 3.05) is 38.2 Å². The van der Waals surface area contributed by atoms with Gasteiger partial charge in [-0.1, -0.05) is 12.2 Å². The number of nitrogens with one attached hydrogen (secondary N) is 1. The van der Waals surface area contributed by atoms with Gasteiger partial charge in [0.2, 0.25) is 17.7 Å². The van der Waals surface area contributed by atoms with Crippen LogP contribution < -0.4 is 5.32 Å². The molecule has 0 spiro atoms. The largest absolute Gasteiger partial charge is 0.379 e. The Balaban J connectivity index is 1.32. The second kappa shape index (κ2) is 7.87. The van der Waals surface area contributed by atoms with Crippen LogP contribution in [0.5, 0.6) is 0 Å². The molecule has 1 aromatic heterocycles. The molecule has 2 fully saturated rings. The fraction of sp³-hybridized carbons (Fsp3) is 0.556. The first-order valence-corrected chi connectivity index (χ1v) is 10.0. The van der Waals surface area contributed by atoms with Crippen LogP contribution in [0, 0.1) is 11.8 Å². The number of aromatic nitrogens is 1. The highest BCUT2D eigenvalue weighted by Gasteiger charge is 2.47. The molecule has 1 aliphatic carbocycles. The summed E-state index contributed by atoms with van der Waals surface area (Å²) in [6, 6.07) is 0. The van der Waals surface area contributed by atoms with Gasteiger partial charge in [-0.05, 0) is 12.8 Å². The third-order valence-electron chi connectivity index (χ3n) is 5.19. The number of ether oxygens (including phenoxy) is 1. The van der Waals surface area contributed by atoms with Crippen LogP contribution in [0.25, 0.3) is 0 Å². The third-order valence-corrected chi connectivity index (χ3v) is 5.99. The first-order chi connectivity index (χ1) is 13.1. The summed E-state index contributed by atoms with van der Waals surface area (Å²) >= 11 is 1.35. The lowest BCUT2D eigenvalue weighted by Gasteiger charge is -2.25. The monoisotopic (exact) mass is 390 g/mol. The van der Waals surface area contributed by atoms with Gasteiger partial charge < -0.3 is 10.1 Å². The number of imide groups is 1. The maximum absolute atomic E-state index is 12.4. The number of carbonyl (C=O) groups excluding carboxylic acids is 3. The number of allylic oxidation sites excluding steroid dienone is 2. The van der Waals surface area contributed by atoms with Gasteiger partial charge in [0.25, 0.3) is 0 Å². The molecule has 8 nitrogen and oxygen atoms in total. The van der Waals surface area contributed by atoms with E-state index in [-0.39, 0.29) is 30.2 Å². The summed E-state index contributed by atoms with van der Waals surface area (Å²) in [7, 11) is 0. The lowest BCUT2D eigenvalue weighted by atomic mass is 9.85. The molecule has 3 amide bonds. The summed E-state index contributed by atoms with van der Waals surface area (Å²) in [5.41, 5.74) is 0.891. The Kier molecular flexibility index (Phi) is 5.33. The van der Waals surface area contributed by atoms with Crippen LogP contribution in [0.2, 0.25) is 0 Å². The molecule has 3 aliphatic rings. The number of amides is 3. The summed E-state index contributed by atoms with van der Waals surface area (Å²) in [5.74, 6) is -1.49. The minimum absolute atomic E-state index is 0.239. The van der Waals surface area contributed by atoms with Gasteiger partial charge >= 0.3 is 0 Å². The Morgan fingerprint density at radius 2 is 1.85 bits per heavy atom. The number of likely N-dealkylation sites (tertiary alicyclic amines) is 1. The molecule has 3 heterocycles. The fourth-order valence-corrected chi connectivity index (χ4v) is 4.47. The van der Waals surface area contributed by atoms with Gasteiger partial charge in [0, 0.05) is 25.0 Å². The molecule has 9 heteroatoms. The Morgan fingerprint density at radius 3 is 2.52 bits per heavy atom. The van der Waals surface area contributed by atoms with E-state index in [0.29, 0.717) is 18.0 Å². The van der Waals surface area contributed by atoms with E-state index < -0.39 is 5.91 Å². The van der Waals surface area contributed by atoms with E-state index in [2.05, 4.69) is 15.2 Å². The van der Waals surface area contributed by atoms with E-state index in [0.717, 1.165) is 43.4 Å². The highest BCUT2D eigenvalue weighted by molar-refractivity contribution is 7.13. The van der Waals surface area contributed by atoms with Crippen LogP contribution >= 0.6 is 11.3 Å². The Morgan fingerprint density at radius 1 is 1.19 bits per heavy atom. The number of thiazole rings is 1. The zero-order chi connectivity index (χ0) is 18.8. The maximum atomic E-state index is 12.4. The average Bonchev–Trinajstić information content (AvgIpc) is 3.21. The summed E-state index contributed by atoms with van der Waals surface area (Å²) < 4.78 is 5.33. The molecule has 0 bridgehead atoms. The minimum atomic E-state index is -0.393. The first-order valence-electron chi connectivity index (χ1n) is 9.16. The van der Waals surface area contributed by atoms with Gasteiger partial charge in [-0.15, -0.1) is 11.3 Å². The smallest absolute Gasteiger partial charge is 0.246 e. The average molecular weight is 390 g/mol. The van der Waals surface area contributed by atoms with Gasteiger partial charge in [0.05, 0.1) is 30.7 Å². The zero-order valence-corrected chi connectivity index (χ0v) is 15.7. The molecule has 4 rings (SSSR count). The Labute approximate surface area is 161 Å². The van der Waals surface area contributed by atoms with Crippen LogP contribution in [-0.2, 0) is 25.7 Å². The molecule has 27 heavy (non-hydrogen) atoms. The molecule has 0 saturated carbocycles. The highest BCUT2D eigenvalue weighted by Crippen LogP contribution is 2.34. The minimum Gasteiger partial charge on any atom is -0.379 e. The number of carbonyl (C=O) groups is 3. The predicted molar refractivity (Wildman–Crippen MR) is 98.9 cm³/mol. The van der Waals surface area contributed by atoms with Crippen molar-refractivity contribution in [3.63, 3.8) is 0 Å². The van der Waals surface area contributed by atoms with E-state index in [4.69, 9.17) is 4.74 Å². The number of anilines is 1. The first kappa shape index (κ1) is 18.3. The molecular weight excluding hydrogens is 368 g/mol. The molecule has 0 aromatic carbocycles. The van der Waals surface area contributed by atoms with Crippen molar-refractivity contribution in [2.24, 2.45) is 11.8 Å². The molecule has 2 saturated heterocycles. The molecule has 1 aromatic rings. The lowest BCUT2D eigenvalue weighted by molar-refractivity contribution is -0.142. The molecule has 144 valence electrons. The fourth-order valence-electron chi connectivity index (χ4n) is 3.75. The van der Waals surface area contributed by atoms with Gasteiger partial charge in [-0.3, -0.25) is 24.2 Å². The molecular formula is C18H22N4O4S. The van der Waals surface area contributed by atoms with E-state index in [1.165, 1.54) is 11.3 Å². The number of rotatable bonds is 5. The number of nitrogens with zero attached hydrogens (tertiary/aromatic N) is 3. The molecule has 0 unspecified atom stereocenters. The van der Waals surface area contributed by atoms with Crippen molar-refractivity contribution >= 4 is 34.2 Å². The van der Waals surface area contributed by atoms with Crippen molar-refractivity contribution in [1.82, 2.24) is 14.8 Å². The number of hydrogen-bond donors (Lipinski definition) is 1. The summed E-state index contributed by atoms with van der Waals surface area (Å²) in [6.07, 6.45) is 5.01.